The molecule has 0 unspecified atom stereocenters. The SMILES string of the molecule is C[C@H]1Cc2ccccc2N1C(=O)COC(=O)c1cc(Cl)ccc1N. The largest absolute Gasteiger partial charge is 0.452 e. The first-order valence-electron chi connectivity index (χ1n) is 7.59. The molecule has 3 rings (SSSR count). The lowest BCUT2D eigenvalue weighted by Gasteiger charge is -2.22. The highest BCUT2D eigenvalue weighted by Crippen LogP contribution is 2.31. The average Bonchev–Trinajstić information content (AvgIpc) is 2.90. The summed E-state index contributed by atoms with van der Waals surface area (Å²) in [4.78, 5) is 26.3. The molecule has 0 radical (unpaired) electrons. The molecule has 0 aromatic heterocycles. The topological polar surface area (TPSA) is 72.6 Å². The summed E-state index contributed by atoms with van der Waals surface area (Å²) in [6, 6.07) is 12.3. The lowest BCUT2D eigenvalue weighted by molar-refractivity contribution is -0.122. The van der Waals surface area contributed by atoms with Crippen LogP contribution in [0.4, 0.5) is 11.4 Å². The first-order chi connectivity index (χ1) is 11.5. The number of hydrogen-bond acceptors (Lipinski definition) is 4. The second-order valence-electron chi connectivity index (χ2n) is 5.75. The van der Waals surface area contributed by atoms with Gasteiger partial charge in [-0.15, -0.1) is 0 Å². The highest BCUT2D eigenvalue weighted by Gasteiger charge is 2.31. The number of benzene rings is 2. The van der Waals surface area contributed by atoms with Gasteiger partial charge in [0, 0.05) is 22.4 Å². The third-order valence-electron chi connectivity index (χ3n) is 4.04. The van der Waals surface area contributed by atoms with E-state index in [2.05, 4.69) is 0 Å². The number of para-hydroxylation sites is 1. The molecule has 5 nitrogen and oxygen atoms in total. The van der Waals surface area contributed by atoms with Crippen LogP contribution in [0.15, 0.2) is 42.5 Å². The summed E-state index contributed by atoms with van der Waals surface area (Å²) in [5.74, 6) is -0.926. The Kier molecular flexibility index (Phi) is 4.44. The van der Waals surface area contributed by atoms with Crippen LogP contribution in [-0.2, 0) is 16.0 Å². The molecule has 24 heavy (non-hydrogen) atoms. The van der Waals surface area contributed by atoms with Gasteiger partial charge in [-0.2, -0.15) is 0 Å². The van der Waals surface area contributed by atoms with Gasteiger partial charge in [-0.05, 0) is 43.2 Å². The zero-order chi connectivity index (χ0) is 17.3. The van der Waals surface area contributed by atoms with Crippen LogP contribution in [0.1, 0.15) is 22.8 Å². The Bertz CT molecular complexity index is 807. The summed E-state index contributed by atoms with van der Waals surface area (Å²) in [5.41, 5.74) is 8.15. The Morgan fingerprint density at radius 1 is 1.29 bits per heavy atom. The van der Waals surface area contributed by atoms with Gasteiger partial charge >= 0.3 is 5.97 Å². The van der Waals surface area contributed by atoms with Gasteiger partial charge < -0.3 is 15.4 Å². The number of fused-ring (bicyclic) bond motifs is 1. The van der Waals surface area contributed by atoms with Gasteiger partial charge in [0.2, 0.25) is 0 Å². The molecule has 0 spiro atoms. The van der Waals surface area contributed by atoms with Gasteiger partial charge in [0.15, 0.2) is 6.61 Å². The fourth-order valence-corrected chi connectivity index (χ4v) is 3.10. The van der Waals surface area contributed by atoms with Crippen molar-refractivity contribution in [3.8, 4) is 0 Å². The van der Waals surface area contributed by atoms with Crippen LogP contribution in [0.5, 0.6) is 0 Å². The molecule has 0 aliphatic carbocycles. The summed E-state index contributed by atoms with van der Waals surface area (Å²) in [5, 5.41) is 0.379. The van der Waals surface area contributed by atoms with Gasteiger partial charge in [0.1, 0.15) is 0 Å². The van der Waals surface area contributed by atoms with Crippen LogP contribution >= 0.6 is 11.6 Å². The van der Waals surface area contributed by atoms with E-state index in [1.165, 1.54) is 12.1 Å². The van der Waals surface area contributed by atoms with Gasteiger partial charge in [-0.3, -0.25) is 4.79 Å². The van der Waals surface area contributed by atoms with Gasteiger partial charge in [0.25, 0.3) is 5.91 Å². The number of rotatable bonds is 3. The van der Waals surface area contributed by atoms with Crippen molar-refractivity contribution in [2.24, 2.45) is 0 Å². The standard InChI is InChI=1S/C18H17ClN2O3/c1-11-8-12-4-2-3-5-16(12)21(11)17(22)10-24-18(23)14-9-13(19)6-7-15(14)20/h2-7,9,11H,8,10,20H2,1H3/t11-/m0/s1. The van der Waals surface area contributed by atoms with E-state index >= 15 is 0 Å². The van der Waals surface area contributed by atoms with Crippen molar-refractivity contribution in [2.45, 2.75) is 19.4 Å². The van der Waals surface area contributed by atoms with Crippen molar-refractivity contribution in [1.29, 1.82) is 0 Å². The van der Waals surface area contributed by atoms with Crippen LogP contribution in [0.3, 0.4) is 0 Å². The van der Waals surface area contributed by atoms with E-state index in [1.54, 1.807) is 11.0 Å². The monoisotopic (exact) mass is 344 g/mol. The molecule has 0 saturated heterocycles. The highest BCUT2D eigenvalue weighted by atomic mass is 35.5. The van der Waals surface area contributed by atoms with E-state index < -0.39 is 5.97 Å². The Morgan fingerprint density at radius 3 is 2.83 bits per heavy atom. The van der Waals surface area contributed by atoms with Crippen molar-refractivity contribution < 1.29 is 14.3 Å². The van der Waals surface area contributed by atoms with E-state index in [4.69, 9.17) is 22.1 Å². The number of amides is 1. The smallest absolute Gasteiger partial charge is 0.340 e. The molecule has 1 amide bonds. The number of esters is 1. The Hall–Kier alpha value is -2.53. The molecule has 2 aromatic carbocycles. The van der Waals surface area contributed by atoms with Crippen LogP contribution in [0, 0.1) is 0 Å². The predicted molar refractivity (Wildman–Crippen MR) is 93.2 cm³/mol. The fourth-order valence-electron chi connectivity index (χ4n) is 2.93. The minimum Gasteiger partial charge on any atom is -0.452 e. The maximum atomic E-state index is 12.5. The van der Waals surface area contributed by atoms with Crippen molar-refractivity contribution in [2.75, 3.05) is 17.2 Å². The predicted octanol–water partition coefficient (Wildman–Crippen LogP) is 3.06. The van der Waals surface area contributed by atoms with Gasteiger partial charge in [0.05, 0.1) is 5.56 Å². The summed E-state index contributed by atoms with van der Waals surface area (Å²) < 4.78 is 5.13. The number of anilines is 2. The van der Waals surface area contributed by atoms with Crippen LogP contribution in [-0.4, -0.2) is 24.5 Å². The van der Waals surface area contributed by atoms with E-state index in [1.807, 2.05) is 31.2 Å². The van der Waals surface area contributed by atoms with E-state index in [-0.39, 0.29) is 29.8 Å². The lowest BCUT2D eigenvalue weighted by Crippen LogP contribution is -2.38. The Morgan fingerprint density at radius 2 is 2.04 bits per heavy atom. The zero-order valence-electron chi connectivity index (χ0n) is 13.2. The number of halogens is 1. The zero-order valence-corrected chi connectivity index (χ0v) is 13.9. The first kappa shape index (κ1) is 16.3. The molecule has 1 atom stereocenters. The number of carbonyl (C=O) groups is 2. The third-order valence-corrected chi connectivity index (χ3v) is 4.27. The minimum absolute atomic E-state index is 0.0323. The van der Waals surface area contributed by atoms with Crippen molar-refractivity contribution in [3.63, 3.8) is 0 Å². The molecular weight excluding hydrogens is 328 g/mol. The Labute approximate surface area is 145 Å². The summed E-state index contributed by atoms with van der Waals surface area (Å²) in [6.45, 7) is 1.62. The maximum Gasteiger partial charge on any atom is 0.340 e. The molecular formula is C18H17ClN2O3. The quantitative estimate of drug-likeness (QED) is 0.686. The highest BCUT2D eigenvalue weighted by molar-refractivity contribution is 6.31. The number of hydrogen-bond donors (Lipinski definition) is 1. The van der Waals surface area contributed by atoms with Crippen LogP contribution in [0.25, 0.3) is 0 Å². The average molecular weight is 345 g/mol. The number of nitrogens with two attached hydrogens (primary N) is 1. The molecule has 0 bridgehead atoms. The van der Waals surface area contributed by atoms with Crippen molar-refractivity contribution in [3.05, 3.63) is 58.6 Å². The molecule has 0 fully saturated rings. The molecule has 124 valence electrons. The molecule has 1 aliphatic rings. The van der Waals surface area contributed by atoms with Crippen LogP contribution < -0.4 is 10.6 Å². The molecule has 1 heterocycles. The summed E-state index contributed by atoms with van der Waals surface area (Å²) in [7, 11) is 0. The normalized spacial score (nSPS) is 15.9. The lowest BCUT2D eigenvalue weighted by atomic mass is 10.1. The van der Waals surface area contributed by atoms with Crippen molar-refractivity contribution in [1.82, 2.24) is 0 Å². The first-order valence-corrected chi connectivity index (χ1v) is 7.97. The summed E-state index contributed by atoms with van der Waals surface area (Å²) in [6.07, 6.45) is 0.789. The van der Waals surface area contributed by atoms with Gasteiger partial charge in [-0.1, -0.05) is 29.8 Å². The van der Waals surface area contributed by atoms with Crippen molar-refractivity contribution >= 4 is 34.9 Å². The van der Waals surface area contributed by atoms with Gasteiger partial charge in [-0.25, -0.2) is 4.79 Å². The number of carbonyl (C=O) groups excluding carboxylic acids is 2. The molecule has 6 heteroatoms. The second-order valence-corrected chi connectivity index (χ2v) is 6.19. The van der Waals surface area contributed by atoms with E-state index in [0.29, 0.717) is 5.02 Å². The molecule has 2 aromatic rings. The number of ether oxygens (including phenoxy) is 1. The molecule has 1 aliphatic heterocycles. The molecule has 2 N–H and O–H groups in total. The molecule has 0 saturated carbocycles. The van der Waals surface area contributed by atoms with E-state index in [0.717, 1.165) is 17.7 Å². The summed E-state index contributed by atoms with van der Waals surface area (Å²) >= 11 is 5.86. The van der Waals surface area contributed by atoms with E-state index in [9.17, 15) is 9.59 Å². The fraction of sp³-hybridized carbons (Fsp3) is 0.222. The number of nitrogens with zero attached hydrogens (tertiary/aromatic N) is 1. The third kappa shape index (κ3) is 3.08. The minimum atomic E-state index is -0.663. The second kappa shape index (κ2) is 6.53. The number of nitrogen functional groups attached to an aromatic ring is 1. The maximum absolute atomic E-state index is 12.5. The Balaban J connectivity index is 1.70. The van der Waals surface area contributed by atoms with Crippen LogP contribution in [0.2, 0.25) is 5.02 Å².